The first-order chi connectivity index (χ1) is 9.20. The van der Waals surface area contributed by atoms with Gasteiger partial charge in [-0.1, -0.05) is 29.4 Å². The maximum absolute atomic E-state index is 8.70. The highest BCUT2D eigenvalue weighted by atomic mass is 127. The smallest absolute Gasteiger partial charge is 0.0704 e. The molecule has 0 aliphatic heterocycles. The minimum absolute atomic E-state index is 0.180. The van der Waals surface area contributed by atoms with E-state index >= 15 is 0 Å². The van der Waals surface area contributed by atoms with Gasteiger partial charge in [0.25, 0.3) is 0 Å². The lowest BCUT2D eigenvalue weighted by Crippen LogP contribution is -1.94. The highest BCUT2D eigenvalue weighted by Crippen LogP contribution is 2.26. The van der Waals surface area contributed by atoms with Crippen LogP contribution in [0.15, 0.2) is 51.3 Å². The zero-order chi connectivity index (χ0) is 13.7. The molecule has 2 rings (SSSR count). The largest absolute Gasteiger partial charge is 0.256 e. The summed E-state index contributed by atoms with van der Waals surface area (Å²) in [6.07, 6.45) is 4.54. The van der Waals surface area contributed by atoms with Crippen molar-refractivity contribution in [2.75, 3.05) is 0 Å². The number of rotatable bonds is 4. The third-order valence-corrected chi connectivity index (χ3v) is 3.27. The maximum Gasteiger partial charge on any atom is 0.0704 e. The molecule has 0 saturated heterocycles. The summed E-state index contributed by atoms with van der Waals surface area (Å²) in [7, 11) is 0. The average Bonchev–Trinajstić information content (AvgIpc) is 2.42. The third-order valence-electron chi connectivity index (χ3n) is 2.83. The number of halogens is 1. The lowest BCUT2D eigenvalue weighted by Gasteiger charge is -2.10. The van der Waals surface area contributed by atoms with Gasteiger partial charge in [-0.2, -0.15) is 0 Å². The van der Waals surface area contributed by atoms with Gasteiger partial charge in [-0.3, -0.25) is 4.98 Å². The monoisotopic (exact) mass is 364 g/mol. The number of nitrogens with zero attached hydrogens (tertiary/aromatic N) is 4. The molecule has 1 aromatic heterocycles. The van der Waals surface area contributed by atoms with Gasteiger partial charge in [0.1, 0.15) is 0 Å². The molecule has 0 amide bonds. The maximum atomic E-state index is 8.70. The summed E-state index contributed by atoms with van der Waals surface area (Å²) in [4.78, 5) is 7.27. The summed E-state index contributed by atoms with van der Waals surface area (Å²) in [5.41, 5.74) is 10.6. The Hall–Kier alpha value is -1.59. The molecule has 1 aromatic carbocycles. The lowest BCUT2D eigenvalue weighted by atomic mass is 10.0. The molecule has 0 N–H and O–H groups in total. The molecule has 1 atom stereocenters. The Kier molecular flexibility index (Phi) is 4.76. The molecule has 0 fully saturated rings. The number of azide groups is 1. The number of aromatic nitrogens is 1. The minimum atomic E-state index is -0.180. The second-order valence-electron chi connectivity index (χ2n) is 4.20. The lowest BCUT2D eigenvalue weighted by molar-refractivity contribution is 0.733. The summed E-state index contributed by atoms with van der Waals surface area (Å²) < 4.78 is 1.19. The Balaban J connectivity index is 2.38. The topological polar surface area (TPSA) is 61.7 Å². The van der Waals surface area contributed by atoms with Crippen molar-refractivity contribution >= 4 is 33.5 Å². The van der Waals surface area contributed by atoms with Crippen molar-refractivity contribution in [2.24, 2.45) is 5.11 Å². The van der Waals surface area contributed by atoms with Crippen LogP contribution in [-0.2, 0) is 0 Å². The molecule has 2 aromatic rings. The van der Waals surface area contributed by atoms with Gasteiger partial charge in [0.15, 0.2) is 0 Å². The molecule has 0 bridgehead atoms. The Morgan fingerprint density at radius 3 is 3.11 bits per heavy atom. The molecule has 0 radical (unpaired) electrons. The molecule has 5 heteroatoms. The van der Waals surface area contributed by atoms with Gasteiger partial charge in [0.2, 0.25) is 0 Å². The number of hydrogen-bond donors (Lipinski definition) is 0. The number of allylic oxidation sites excluding steroid dienone is 1. The number of pyridine rings is 1. The first-order valence-electron chi connectivity index (χ1n) is 5.92. The number of fused-ring (bicyclic) bond motifs is 1. The Labute approximate surface area is 125 Å². The molecule has 0 saturated carbocycles. The highest BCUT2D eigenvalue weighted by molar-refractivity contribution is 14.1. The van der Waals surface area contributed by atoms with Gasteiger partial charge in [-0.05, 0) is 62.7 Å². The van der Waals surface area contributed by atoms with E-state index in [1.807, 2.05) is 37.3 Å². The molecule has 0 aliphatic carbocycles. The average molecular weight is 364 g/mol. The SMILES string of the molecule is CC(I)=CC[C@H](N=[N+]=[N-])c1ccc2cccnc2c1. The quantitative estimate of drug-likeness (QED) is 0.314. The van der Waals surface area contributed by atoms with Crippen LogP contribution in [0.5, 0.6) is 0 Å². The van der Waals surface area contributed by atoms with E-state index in [2.05, 4.69) is 43.7 Å². The van der Waals surface area contributed by atoms with Crippen LogP contribution < -0.4 is 0 Å². The Morgan fingerprint density at radius 2 is 2.37 bits per heavy atom. The summed E-state index contributed by atoms with van der Waals surface area (Å²) >= 11 is 2.25. The fraction of sp³-hybridized carbons (Fsp3) is 0.214. The van der Waals surface area contributed by atoms with E-state index in [-0.39, 0.29) is 6.04 Å². The normalized spacial score (nSPS) is 13.1. The zero-order valence-electron chi connectivity index (χ0n) is 10.5. The molecular weight excluding hydrogens is 351 g/mol. The van der Waals surface area contributed by atoms with E-state index in [1.165, 1.54) is 3.58 Å². The van der Waals surface area contributed by atoms with Crippen LogP contribution in [0.2, 0.25) is 0 Å². The predicted octanol–water partition coefficient (Wildman–Crippen LogP) is 5.32. The molecule has 0 spiro atoms. The minimum Gasteiger partial charge on any atom is -0.256 e. The van der Waals surface area contributed by atoms with E-state index in [9.17, 15) is 0 Å². The molecule has 1 heterocycles. The fourth-order valence-electron chi connectivity index (χ4n) is 1.88. The van der Waals surface area contributed by atoms with Crippen LogP contribution in [-0.4, -0.2) is 4.98 Å². The number of benzene rings is 1. The molecule has 0 unspecified atom stereocenters. The van der Waals surface area contributed by atoms with Crippen molar-refractivity contribution in [2.45, 2.75) is 19.4 Å². The van der Waals surface area contributed by atoms with Crippen LogP contribution in [0.4, 0.5) is 0 Å². The molecule has 0 aliphatic rings. The van der Waals surface area contributed by atoms with Gasteiger partial charge in [0, 0.05) is 16.5 Å². The van der Waals surface area contributed by atoms with Crippen LogP contribution >= 0.6 is 22.6 Å². The van der Waals surface area contributed by atoms with E-state index in [4.69, 9.17) is 5.53 Å². The van der Waals surface area contributed by atoms with Gasteiger partial charge in [-0.15, -0.1) is 0 Å². The van der Waals surface area contributed by atoms with Crippen molar-refractivity contribution in [3.8, 4) is 0 Å². The molecule has 96 valence electrons. The van der Waals surface area contributed by atoms with Crippen LogP contribution in [0, 0.1) is 0 Å². The van der Waals surface area contributed by atoms with Crippen LogP contribution in [0.3, 0.4) is 0 Å². The van der Waals surface area contributed by atoms with Crippen molar-refractivity contribution in [1.82, 2.24) is 4.98 Å². The van der Waals surface area contributed by atoms with Gasteiger partial charge in [-0.25, -0.2) is 0 Å². The first kappa shape index (κ1) is 13.8. The van der Waals surface area contributed by atoms with Crippen molar-refractivity contribution in [3.63, 3.8) is 0 Å². The van der Waals surface area contributed by atoms with Crippen molar-refractivity contribution < 1.29 is 0 Å². The van der Waals surface area contributed by atoms with E-state index < -0.39 is 0 Å². The predicted molar refractivity (Wildman–Crippen MR) is 86.0 cm³/mol. The third kappa shape index (κ3) is 3.68. The van der Waals surface area contributed by atoms with Crippen LogP contribution in [0.1, 0.15) is 24.9 Å². The second kappa shape index (κ2) is 6.54. The van der Waals surface area contributed by atoms with Gasteiger partial charge >= 0.3 is 0 Å². The summed E-state index contributed by atoms with van der Waals surface area (Å²) in [6.45, 7) is 2.02. The first-order valence-corrected chi connectivity index (χ1v) is 6.99. The van der Waals surface area contributed by atoms with E-state index in [0.29, 0.717) is 6.42 Å². The highest BCUT2D eigenvalue weighted by Gasteiger charge is 2.09. The van der Waals surface area contributed by atoms with E-state index in [0.717, 1.165) is 16.5 Å². The van der Waals surface area contributed by atoms with Crippen molar-refractivity contribution in [1.29, 1.82) is 0 Å². The van der Waals surface area contributed by atoms with Gasteiger partial charge < -0.3 is 0 Å². The Bertz CT molecular complexity index is 655. The molecule has 4 nitrogen and oxygen atoms in total. The zero-order valence-corrected chi connectivity index (χ0v) is 12.7. The fourth-order valence-corrected chi connectivity index (χ4v) is 2.13. The number of hydrogen-bond acceptors (Lipinski definition) is 2. The summed E-state index contributed by atoms with van der Waals surface area (Å²) in [5.74, 6) is 0. The summed E-state index contributed by atoms with van der Waals surface area (Å²) in [6, 6.07) is 9.75. The van der Waals surface area contributed by atoms with Gasteiger partial charge in [0.05, 0.1) is 11.6 Å². The second-order valence-corrected chi connectivity index (χ2v) is 5.90. The Morgan fingerprint density at radius 1 is 1.53 bits per heavy atom. The molecule has 19 heavy (non-hydrogen) atoms. The van der Waals surface area contributed by atoms with Crippen molar-refractivity contribution in [3.05, 3.63) is 62.2 Å². The molecular formula is C14H13IN4. The van der Waals surface area contributed by atoms with E-state index in [1.54, 1.807) is 6.20 Å². The standard InChI is InChI=1S/C14H13IN4/c1-10(15)4-7-13(18-19-16)12-6-5-11-3-2-8-17-14(11)9-12/h2-6,8-9,13H,7H2,1H3/t13-/m0/s1. The summed E-state index contributed by atoms with van der Waals surface area (Å²) in [5, 5.41) is 4.97. The van der Waals surface area contributed by atoms with Crippen LogP contribution in [0.25, 0.3) is 21.3 Å².